The van der Waals surface area contributed by atoms with Gasteiger partial charge >= 0.3 is 0 Å². The van der Waals surface area contributed by atoms with Crippen LogP contribution < -0.4 is 10.9 Å². The molecule has 0 saturated carbocycles. The van der Waals surface area contributed by atoms with Crippen molar-refractivity contribution in [3.05, 3.63) is 52.8 Å². The lowest BCUT2D eigenvalue weighted by atomic mass is 9.94. The van der Waals surface area contributed by atoms with Crippen molar-refractivity contribution >= 4 is 21.6 Å². The Morgan fingerprint density at radius 1 is 1.36 bits per heavy atom. The van der Waals surface area contributed by atoms with Crippen molar-refractivity contribution < 1.29 is 9.50 Å². The minimum absolute atomic E-state index is 0.151. The summed E-state index contributed by atoms with van der Waals surface area (Å²) in [6.07, 6.45) is 3.04. The van der Waals surface area contributed by atoms with Crippen LogP contribution in [-0.2, 0) is 6.54 Å². The van der Waals surface area contributed by atoms with Crippen LogP contribution in [0.15, 0.2) is 41.5 Å². The van der Waals surface area contributed by atoms with Crippen LogP contribution in [0.4, 0.5) is 4.39 Å². The van der Waals surface area contributed by atoms with Gasteiger partial charge in [0.05, 0.1) is 24.0 Å². The molecular weight excluding hydrogens is 341 g/mol. The largest absolute Gasteiger partial charge is 0.387 e. The van der Waals surface area contributed by atoms with Crippen molar-refractivity contribution in [2.75, 3.05) is 13.1 Å². The highest BCUT2D eigenvalue weighted by molar-refractivity contribution is 7.22. The van der Waals surface area contributed by atoms with Crippen LogP contribution in [0.3, 0.4) is 0 Å². The van der Waals surface area contributed by atoms with Crippen molar-refractivity contribution in [2.24, 2.45) is 0 Å². The fourth-order valence-corrected chi connectivity index (χ4v) is 4.28. The minimum atomic E-state index is -0.922. The van der Waals surface area contributed by atoms with E-state index in [1.807, 2.05) is 6.07 Å². The Hall–Kier alpha value is -2.09. The molecule has 25 heavy (non-hydrogen) atoms. The average Bonchev–Trinajstić information content (AvgIpc) is 3.04. The SMILES string of the molecule is O=c1c2sc(-c3ccc(F)cc3)cc2ncn1C[C@]1(O)CCCNC1. The molecule has 1 fully saturated rings. The van der Waals surface area contributed by atoms with E-state index >= 15 is 0 Å². The van der Waals surface area contributed by atoms with Gasteiger partial charge in [-0.15, -0.1) is 11.3 Å². The summed E-state index contributed by atoms with van der Waals surface area (Å²) >= 11 is 1.34. The molecule has 1 aromatic carbocycles. The first-order valence-electron chi connectivity index (χ1n) is 8.22. The van der Waals surface area contributed by atoms with Crippen LogP contribution in [0, 0.1) is 5.82 Å². The fourth-order valence-electron chi connectivity index (χ4n) is 3.22. The number of fused-ring (bicyclic) bond motifs is 1. The Kier molecular flexibility index (Phi) is 4.15. The molecule has 1 aliphatic rings. The van der Waals surface area contributed by atoms with Gasteiger partial charge in [-0.2, -0.15) is 0 Å². The number of thiophene rings is 1. The Bertz CT molecular complexity index is 959. The summed E-state index contributed by atoms with van der Waals surface area (Å²) < 4.78 is 15.1. The zero-order valence-corrected chi connectivity index (χ0v) is 14.4. The monoisotopic (exact) mass is 359 g/mol. The number of hydrogen-bond acceptors (Lipinski definition) is 5. The fraction of sp³-hybridized carbons (Fsp3) is 0.333. The van der Waals surface area contributed by atoms with E-state index in [-0.39, 0.29) is 17.9 Å². The maximum absolute atomic E-state index is 13.1. The van der Waals surface area contributed by atoms with E-state index in [1.165, 1.54) is 34.4 Å². The molecule has 1 atom stereocenters. The third-order valence-electron chi connectivity index (χ3n) is 4.55. The van der Waals surface area contributed by atoms with Crippen LogP contribution in [0.1, 0.15) is 12.8 Å². The normalized spacial score (nSPS) is 20.9. The van der Waals surface area contributed by atoms with Crippen molar-refractivity contribution in [1.29, 1.82) is 0 Å². The molecule has 3 heterocycles. The van der Waals surface area contributed by atoms with Crippen molar-refractivity contribution in [3.63, 3.8) is 0 Å². The molecule has 3 aromatic rings. The van der Waals surface area contributed by atoms with Gasteiger partial charge in [-0.05, 0) is 43.1 Å². The van der Waals surface area contributed by atoms with E-state index in [9.17, 15) is 14.3 Å². The summed E-state index contributed by atoms with van der Waals surface area (Å²) in [5.41, 5.74) is 0.404. The van der Waals surface area contributed by atoms with Crippen LogP contribution >= 0.6 is 11.3 Å². The molecule has 0 radical (unpaired) electrons. The summed E-state index contributed by atoms with van der Waals surface area (Å²) in [5.74, 6) is -0.292. The topological polar surface area (TPSA) is 67.2 Å². The van der Waals surface area contributed by atoms with E-state index < -0.39 is 5.60 Å². The van der Waals surface area contributed by atoms with Crippen molar-refractivity contribution in [1.82, 2.24) is 14.9 Å². The Balaban J connectivity index is 1.70. The minimum Gasteiger partial charge on any atom is -0.387 e. The lowest BCUT2D eigenvalue weighted by Gasteiger charge is -2.32. The van der Waals surface area contributed by atoms with Gasteiger partial charge < -0.3 is 10.4 Å². The molecule has 130 valence electrons. The number of β-amino-alcohol motifs (C(OH)–C–C–N with tert-alkyl or cyclic N) is 1. The summed E-state index contributed by atoms with van der Waals surface area (Å²) in [6, 6.07) is 8.02. The highest BCUT2D eigenvalue weighted by Gasteiger charge is 2.30. The molecule has 0 aliphatic carbocycles. The molecule has 0 unspecified atom stereocenters. The molecule has 1 aliphatic heterocycles. The standard InChI is InChI=1S/C18H18FN3O2S/c19-13-4-2-12(3-5-13)15-8-14-16(25-15)17(23)22(11-21-14)10-18(24)6-1-7-20-9-18/h2-5,8,11,20,24H,1,6-7,9-10H2/t18-/m0/s1. The lowest BCUT2D eigenvalue weighted by molar-refractivity contribution is -0.000236. The second-order valence-corrected chi connectivity index (χ2v) is 7.57. The third kappa shape index (κ3) is 3.22. The highest BCUT2D eigenvalue weighted by Crippen LogP contribution is 2.31. The predicted molar refractivity (Wildman–Crippen MR) is 96.3 cm³/mol. The van der Waals surface area contributed by atoms with E-state index in [2.05, 4.69) is 10.3 Å². The zero-order chi connectivity index (χ0) is 17.4. The third-order valence-corrected chi connectivity index (χ3v) is 5.71. The Labute approximate surface area is 147 Å². The molecule has 5 nitrogen and oxygen atoms in total. The first-order chi connectivity index (χ1) is 12.0. The summed E-state index contributed by atoms with van der Waals surface area (Å²) in [7, 11) is 0. The zero-order valence-electron chi connectivity index (χ0n) is 13.5. The Morgan fingerprint density at radius 3 is 2.88 bits per heavy atom. The van der Waals surface area contributed by atoms with E-state index in [0.717, 1.165) is 23.4 Å². The van der Waals surface area contributed by atoms with Gasteiger partial charge in [0.1, 0.15) is 10.5 Å². The van der Waals surface area contributed by atoms with E-state index in [1.54, 1.807) is 12.1 Å². The average molecular weight is 359 g/mol. The first kappa shape index (κ1) is 16.4. The summed E-state index contributed by atoms with van der Waals surface area (Å²) in [6.45, 7) is 1.59. The number of rotatable bonds is 3. The number of nitrogens with one attached hydrogen (secondary N) is 1. The number of halogens is 1. The first-order valence-corrected chi connectivity index (χ1v) is 9.04. The van der Waals surface area contributed by atoms with Gasteiger partial charge in [-0.3, -0.25) is 9.36 Å². The quantitative estimate of drug-likeness (QED) is 0.754. The summed E-state index contributed by atoms with van der Waals surface area (Å²) in [5, 5.41) is 13.8. The molecule has 1 saturated heterocycles. The molecule has 7 heteroatoms. The van der Waals surface area contributed by atoms with Gasteiger partial charge in [0.15, 0.2) is 0 Å². The van der Waals surface area contributed by atoms with Gasteiger partial charge in [-0.25, -0.2) is 9.37 Å². The number of piperidine rings is 1. The second kappa shape index (κ2) is 6.33. The van der Waals surface area contributed by atoms with Crippen LogP contribution in [-0.4, -0.2) is 33.3 Å². The lowest BCUT2D eigenvalue weighted by Crippen LogP contribution is -2.49. The second-order valence-electron chi connectivity index (χ2n) is 6.51. The maximum Gasteiger partial charge on any atom is 0.271 e. The molecule has 0 spiro atoms. The van der Waals surface area contributed by atoms with Gasteiger partial charge in [-0.1, -0.05) is 12.1 Å². The van der Waals surface area contributed by atoms with Crippen LogP contribution in [0.25, 0.3) is 20.7 Å². The smallest absolute Gasteiger partial charge is 0.271 e. The van der Waals surface area contributed by atoms with Gasteiger partial charge in [0.2, 0.25) is 0 Å². The summed E-state index contributed by atoms with van der Waals surface area (Å²) in [4.78, 5) is 18.0. The molecule has 2 N–H and O–H groups in total. The number of aliphatic hydroxyl groups is 1. The van der Waals surface area contributed by atoms with E-state index in [0.29, 0.717) is 23.2 Å². The predicted octanol–water partition coefficient (Wildman–Crippen LogP) is 2.38. The molecule has 2 aromatic heterocycles. The number of hydrogen-bond donors (Lipinski definition) is 2. The number of nitrogens with zero attached hydrogens (tertiary/aromatic N) is 2. The number of benzene rings is 1. The van der Waals surface area contributed by atoms with E-state index in [4.69, 9.17) is 0 Å². The number of aromatic nitrogens is 2. The van der Waals surface area contributed by atoms with Gasteiger partial charge in [0, 0.05) is 11.4 Å². The van der Waals surface area contributed by atoms with Crippen LogP contribution in [0.2, 0.25) is 0 Å². The van der Waals surface area contributed by atoms with Gasteiger partial charge in [0.25, 0.3) is 5.56 Å². The maximum atomic E-state index is 13.1. The molecule has 0 bridgehead atoms. The molecular formula is C18H18FN3O2S. The molecule has 0 amide bonds. The van der Waals surface area contributed by atoms with Crippen LogP contribution in [0.5, 0.6) is 0 Å². The highest BCUT2D eigenvalue weighted by atomic mass is 32.1. The molecule has 4 rings (SSSR count). The Morgan fingerprint density at radius 2 is 2.16 bits per heavy atom. The van der Waals surface area contributed by atoms with Crippen molar-refractivity contribution in [3.8, 4) is 10.4 Å². The van der Waals surface area contributed by atoms with Crippen molar-refractivity contribution in [2.45, 2.75) is 25.0 Å².